The van der Waals surface area contributed by atoms with Gasteiger partial charge in [0, 0.05) is 32.1 Å². The van der Waals surface area contributed by atoms with Crippen LogP contribution in [0.1, 0.15) is 42.9 Å². The Morgan fingerprint density at radius 3 is 2.85 bits per heavy atom. The number of piperidine rings is 1. The van der Waals surface area contributed by atoms with Gasteiger partial charge in [0.15, 0.2) is 6.10 Å². The van der Waals surface area contributed by atoms with Gasteiger partial charge in [0.1, 0.15) is 17.4 Å². The number of carbonyl (C=O) groups excluding carboxylic acids is 1. The second-order valence-corrected chi connectivity index (χ2v) is 7.48. The highest BCUT2D eigenvalue weighted by molar-refractivity contribution is 5.81. The van der Waals surface area contributed by atoms with Crippen molar-refractivity contribution < 1.29 is 9.53 Å². The summed E-state index contributed by atoms with van der Waals surface area (Å²) < 4.78 is 8.11. The van der Waals surface area contributed by atoms with Crippen molar-refractivity contribution in [1.82, 2.24) is 25.0 Å². The third-order valence-corrected chi connectivity index (χ3v) is 5.47. The zero-order valence-electron chi connectivity index (χ0n) is 16.0. The van der Waals surface area contributed by atoms with Crippen LogP contribution in [0.3, 0.4) is 0 Å². The number of likely N-dealkylation sites (tertiary alicyclic amines) is 1. The van der Waals surface area contributed by atoms with E-state index in [9.17, 15) is 4.79 Å². The van der Waals surface area contributed by atoms with Crippen molar-refractivity contribution in [2.75, 3.05) is 19.6 Å². The molecule has 1 N–H and O–H groups in total. The number of hydrogen-bond acceptors (Lipinski definition) is 5. The van der Waals surface area contributed by atoms with Crippen LogP contribution in [0, 0.1) is 6.92 Å². The van der Waals surface area contributed by atoms with E-state index in [2.05, 4.69) is 20.1 Å². The van der Waals surface area contributed by atoms with E-state index in [0.29, 0.717) is 5.92 Å². The highest BCUT2D eigenvalue weighted by Crippen LogP contribution is 2.28. The lowest BCUT2D eigenvalue weighted by Gasteiger charge is -2.33. The van der Waals surface area contributed by atoms with E-state index < -0.39 is 6.10 Å². The molecule has 3 heterocycles. The molecule has 1 amide bonds. The minimum atomic E-state index is -0.477. The first-order valence-corrected chi connectivity index (χ1v) is 9.76. The van der Waals surface area contributed by atoms with Gasteiger partial charge in [-0.15, -0.1) is 10.2 Å². The maximum atomic E-state index is 12.8. The molecule has 1 atom stereocenters. The zero-order chi connectivity index (χ0) is 18.8. The predicted octanol–water partition coefficient (Wildman–Crippen LogP) is 1.86. The Hall–Kier alpha value is -2.41. The van der Waals surface area contributed by atoms with Crippen LogP contribution in [0.5, 0.6) is 5.75 Å². The molecule has 0 bridgehead atoms. The van der Waals surface area contributed by atoms with E-state index in [1.54, 1.807) is 0 Å². The van der Waals surface area contributed by atoms with Gasteiger partial charge in [-0.3, -0.25) is 4.79 Å². The number of fused-ring (bicyclic) bond motifs is 1. The van der Waals surface area contributed by atoms with Crippen LogP contribution < -0.4 is 10.1 Å². The van der Waals surface area contributed by atoms with E-state index in [1.807, 2.05) is 43.0 Å². The van der Waals surface area contributed by atoms with Crippen LogP contribution in [-0.4, -0.2) is 51.3 Å². The first kappa shape index (κ1) is 18.0. The number of rotatable bonds is 4. The Morgan fingerprint density at radius 2 is 2.07 bits per heavy atom. The minimum absolute atomic E-state index is 0.0578. The van der Waals surface area contributed by atoms with E-state index in [0.717, 1.165) is 68.5 Å². The molecule has 2 aromatic rings. The number of benzene rings is 1. The summed E-state index contributed by atoms with van der Waals surface area (Å²) in [5.41, 5.74) is 1.12. The molecular formula is C20H27N5O2. The number of hydrogen-bond donors (Lipinski definition) is 1. The summed E-state index contributed by atoms with van der Waals surface area (Å²) >= 11 is 0. The summed E-state index contributed by atoms with van der Waals surface area (Å²) in [5.74, 6) is 3.29. The van der Waals surface area contributed by atoms with Crippen molar-refractivity contribution in [2.24, 2.45) is 0 Å². The van der Waals surface area contributed by atoms with Gasteiger partial charge in [-0.1, -0.05) is 12.1 Å². The quantitative estimate of drug-likeness (QED) is 0.891. The van der Waals surface area contributed by atoms with Gasteiger partial charge >= 0.3 is 0 Å². The van der Waals surface area contributed by atoms with Crippen molar-refractivity contribution in [3.63, 3.8) is 0 Å². The Morgan fingerprint density at radius 1 is 1.26 bits per heavy atom. The van der Waals surface area contributed by atoms with Crippen molar-refractivity contribution >= 4 is 5.91 Å². The standard InChI is InChI=1S/C20H27N5O2/c1-14-4-3-5-17(12-14)27-15(2)20(26)24-9-6-16(7-10-24)19-23-22-18-13-21-8-11-25(18)19/h3-5,12,15-16,21H,6-11,13H2,1-2H3. The number of nitrogens with one attached hydrogen (secondary N) is 1. The van der Waals surface area contributed by atoms with Crippen molar-refractivity contribution in [3.05, 3.63) is 41.5 Å². The van der Waals surface area contributed by atoms with Gasteiger partial charge in [-0.05, 0) is 44.4 Å². The third-order valence-electron chi connectivity index (χ3n) is 5.47. The lowest BCUT2D eigenvalue weighted by Crippen LogP contribution is -2.44. The normalized spacial score (nSPS) is 18.8. The summed E-state index contributed by atoms with van der Waals surface area (Å²) in [6, 6.07) is 7.82. The van der Waals surface area contributed by atoms with Gasteiger partial charge < -0.3 is 19.5 Å². The molecule has 1 aromatic carbocycles. The fourth-order valence-corrected chi connectivity index (χ4v) is 3.97. The zero-order valence-corrected chi connectivity index (χ0v) is 16.0. The minimum Gasteiger partial charge on any atom is -0.481 e. The third kappa shape index (κ3) is 3.83. The van der Waals surface area contributed by atoms with Gasteiger partial charge in [-0.2, -0.15) is 0 Å². The first-order chi connectivity index (χ1) is 13.1. The molecule has 144 valence electrons. The molecule has 1 saturated heterocycles. The summed E-state index contributed by atoms with van der Waals surface area (Å²) in [7, 11) is 0. The van der Waals surface area contributed by atoms with Crippen LogP contribution in [0.25, 0.3) is 0 Å². The molecule has 1 aromatic heterocycles. The Labute approximate surface area is 159 Å². The molecule has 2 aliphatic rings. The summed E-state index contributed by atoms with van der Waals surface area (Å²) in [4.78, 5) is 14.7. The molecule has 0 radical (unpaired) electrons. The topological polar surface area (TPSA) is 72.3 Å². The van der Waals surface area contributed by atoms with Crippen molar-refractivity contribution in [1.29, 1.82) is 0 Å². The fourth-order valence-electron chi connectivity index (χ4n) is 3.97. The first-order valence-electron chi connectivity index (χ1n) is 9.76. The molecule has 7 heteroatoms. The van der Waals surface area contributed by atoms with Gasteiger partial charge in [-0.25, -0.2) is 0 Å². The van der Waals surface area contributed by atoms with Crippen LogP contribution in [0.4, 0.5) is 0 Å². The molecule has 1 unspecified atom stereocenters. The summed E-state index contributed by atoms with van der Waals surface area (Å²) in [6.07, 6.45) is 1.37. The molecule has 0 spiro atoms. The number of aryl methyl sites for hydroxylation is 1. The maximum absolute atomic E-state index is 12.8. The van der Waals surface area contributed by atoms with Crippen LogP contribution >= 0.6 is 0 Å². The summed E-state index contributed by atoms with van der Waals surface area (Å²) in [5, 5.41) is 12.1. The van der Waals surface area contributed by atoms with Gasteiger partial charge in [0.2, 0.25) is 0 Å². The summed E-state index contributed by atoms with van der Waals surface area (Å²) in [6.45, 7) is 8.01. The number of amides is 1. The highest BCUT2D eigenvalue weighted by Gasteiger charge is 2.30. The lowest BCUT2D eigenvalue weighted by molar-refractivity contribution is -0.139. The fraction of sp³-hybridized carbons (Fsp3) is 0.550. The average Bonchev–Trinajstić information content (AvgIpc) is 3.12. The Balaban J connectivity index is 1.34. The predicted molar refractivity (Wildman–Crippen MR) is 102 cm³/mol. The average molecular weight is 369 g/mol. The van der Waals surface area contributed by atoms with Crippen LogP contribution in [0.15, 0.2) is 24.3 Å². The second-order valence-electron chi connectivity index (χ2n) is 7.48. The van der Waals surface area contributed by atoms with E-state index in [4.69, 9.17) is 4.74 Å². The molecule has 4 rings (SSSR count). The number of ether oxygens (including phenoxy) is 1. The van der Waals surface area contributed by atoms with Crippen LogP contribution in [0.2, 0.25) is 0 Å². The molecule has 2 aliphatic heterocycles. The monoisotopic (exact) mass is 369 g/mol. The van der Waals surface area contributed by atoms with Gasteiger partial charge in [0.05, 0.1) is 6.54 Å². The Kier molecular flexibility index (Phi) is 5.11. The lowest BCUT2D eigenvalue weighted by atomic mass is 9.95. The van der Waals surface area contributed by atoms with Crippen LogP contribution in [-0.2, 0) is 17.9 Å². The SMILES string of the molecule is Cc1cccc(OC(C)C(=O)N2CCC(c3nnc4n3CCNC4)CC2)c1. The van der Waals surface area contributed by atoms with Crippen molar-refractivity contribution in [3.8, 4) is 5.75 Å². The molecular weight excluding hydrogens is 342 g/mol. The van der Waals surface area contributed by atoms with Gasteiger partial charge in [0.25, 0.3) is 5.91 Å². The Bertz CT molecular complexity index is 810. The number of carbonyl (C=O) groups is 1. The largest absolute Gasteiger partial charge is 0.481 e. The van der Waals surface area contributed by atoms with E-state index in [-0.39, 0.29) is 5.91 Å². The van der Waals surface area contributed by atoms with E-state index >= 15 is 0 Å². The smallest absolute Gasteiger partial charge is 0.263 e. The highest BCUT2D eigenvalue weighted by atomic mass is 16.5. The molecule has 7 nitrogen and oxygen atoms in total. The maximum Gasteiger partial charge on any atom is 0.263 e. The number of aromatic nitrogens is 3. The van der Waals surface area contributed by atoms with E-state index in [1.165, 1.54) is 0 Å². The molecule has 0 aliphatic carbocycles. The molecule has 0 saturated carbocycles. The molecule has 1 fully saturated rings. The van der Waals surface area contributed by atoms with Crippen molar-refractivity contribution in [2.45, 2.75) is 51.8 Å². The molecule has 27 heavy (non-hydrogen) atoms. The number of nitrogens with zero attached hydrogens (tertiary/aromatic N) is 4. The second kappa shape index (κ2) is 7.68.